The van der Waals surface area contributed by atoms with Crippen LogP contribution in [0.2, 0.25) is 0 Å². The Morgan fingerprint density at radius 1 is 1.16 bits per heavy atom. The number of pyridine rings is 1. The highest BCUT2D eigenvalue weighted by molar-refractivity contribution is 5.76. The SMILES string of the molecule is COc1ccc(CCC(=O)N2CCC[C@@H](c3ccnc(Nc4ccc(C)cn4)n3)C2)cc1. The van der Waals surface area contributed by atoms with E-state index in [2.05, 4.69) is 15.3 Å². The molecule has 1 fully saturated rings. The molecule has 0 bridgehead atoms. The summed E-state index contributed by atoms with van der Waals surface area (Å²) >= 11 is 0. The van der Waals surface area contributed by atoms with Gasteiger partial charge in [0, 0.05) is 37.8 Å². The monoisotopic (exact) mass is 431 g/mol. The fourth-order valence-corrected chi connectivity index (χ4v) is 3.96. The molecule has 0 saturated carbocycles. The Labute approximate surface area is 188 Å². The summed E-state index contributed by atoms with van der Waals surface area (Å²) in [6.07, 6.45) is 6.81. The van der Waals surface area contributed by atoms with Crippen LogP contribution in [0, 0.1) is 6.92 Å². The van der Waals surface area contributed by atoms with E-state index in [9.17, 15) is 4.79 Å². The first-order valence-electron chi connectivity index (χ1n) is 11.0. The van der Waals surface area contributed by atoms with Crippen molar-refractivity contribution < 1.29 is 9.53 Å². The van der Waals surface area contributed by atoms with E-state index in [4.69, 9.17) is 9.72 Å². The predicted octanol–water partition coefficient (Wildman–Crippen LogP) is 4.27. The van der Waals surface area contributed by atoms with Gasteiger partial charge < -0.3 is 15.0 Å². The predicted molar refractivity (Wildman–Crippen MR) is 124 cm³/mol. The maximum absolute atomic E-state index is 12.9. The largest absolute Gasteiger partial charge is 0.497 e. The van der Waals surface area contributed by atoms with Gasteiger partial charge in [-0.1, -0.05) is 18.2 Å². The number of hydrogen-bond acceptors (Lipinski definition) is 6. The summed E-state index contributed by atoms with van der Waals surface area (Å²) in [5.74, 6) is 2.48. The molecular formula is C25H29N5O2. The molecule has 166 valence electrons. The molecule has 0 radical (unpaired) electrons. The molecule has 0 spiro atoms. The minimum atomic E-state index is 0.196. The minimum absolute atomic E-state index is 0.196. The fraction of sp³-hybridized carbons (Fsp3) is 0.360. The molecule has 3 aromatic rings. The van der Waals surface area contributed by atoms with Gasteiger partial charge in [0.25, 0.3) is 0 Å². The Morgan fingerprint density at radius 3 is 2.75 bits per heavy atom. The number of benzene rings is 1. The summed E-state index contributed by atoms with van der Waals surface area (Å²) in [5.41, 5.74) is 3.20. The molecule has 2 aromatic heterocycles. The first-order chi connectivity index (χ1) is 15.6. The normalized spacial score (nSPS) is 15.9. The van der Waals surface area contributed by atoms with Crippen LogP contribution < -0.4 is 10.1 Å². The number of ether oxygens (including phenoxy) is 1. The maximum atomic E-state index is 12.9. The van der Waals surface area contributed by atoms with E-state index in [1.807, 2.05) is 60.5 Å². The molecule has 1 atom stereocenters. The van der Waals surface area contributed by atoms with E-state index in [1.165, 1.54) is 0 Å². The third-order valence-corrected chi connectivity index (χ3v) is 5.81. The Hall–Kier alpha value is -3.48. The molecule has 1 N–H and O–H groups in total. The number of rotatable bonds is 7. The average molecular weight is 432 g/mol. The van der Waals surface area contributed by atoms with E-state index in [-0.39, 0.29) is 11.8 Å². The highest BCUT2D eigenvalue weighted by Gasteiger charge is 2.25. The molecule has 1 aliphatic heterocycles. The third kappa shape index (κ3) is 5.60. The number of carbonyl (C=O) groups is 1. The van der Waals surface area contributed by atoms with Gasteiger partial charge in [-0.15, -0.1) is 0 Å². The van der Waals surface area contributed by atoms with Gasteiger partial charge >= 0.3 is 0 Å². The molecule has 1 aromatic carbocycles. The van der Waals surface area contributed by atoms with Crippen molar-refractivity contribution in [3.8, 4) is 5.75 Å². The van der Waals surface area contributed by atoms with Crippen LogP contribution in [0.1, 0.15) is 42.0 Å². The van der Waals surface area contributed by atoms with Crippen LogP contribution >= 0.6 is 0 Å². The highest BCUT2D eigenvalue weighted by Crippen LogP contribution is 2.27. The minimum Gasteiger partial charge on any atom is -0.497 e. The zero-order valence-corrected chi connectivity index (χ0v) is 18.6. The quantitative estimate of drug-likeness (QED) is 0.602. The summed E-state index contributed by atoms with van der Waals surface area (Å²) in [7, 11) is 1.65. The summed E-state index contributed by atoms with van der Waals surface area (Å²) in [5, 5.41) is 3.17. The van der Waals surface area contributed by atoms with Gasteiger partial charge in [-0.05, 0) is 61.6 Å². The molecule has 1 amide bonds. The molecule has 1 saturated heterocycles. The van der Waals surface area contributed by atoms with Crippen molar-refractivity contribution in [3.05, 3.63) is 71.7 Å². The van der Waals surface area contributed by atoms with Crippen molar-refractivity contribution in [2.24, 2.45) is 0 Å². The van der Waals surface area contributed by atoms with Gasteiger partial charge in [0.1, 0.15) is 11.6 Å². The Morgan fingerprint density at radius 2 is 2.00 bits per heavy atom. The number of carbonyl (C=O) groups excluding carboxylic acids is 1. The molecular weight excluding hydrogens is 402 g/mol. The van der Waals surface area contributed by atoms with Gasteiger partial charge in [0.15, 0.2) is 0 Å². The van der Waals surface area contributed by atoms with Gasteiger partial charge in [0.05, 0.1) is 12.8 Å². The maximum Gasteiger partial charge on any atom is 0.228 e. The van der Waals surface area contributed by atoms with Gasteiger partial charge in [-0.3, -0.25) is 4.79 Å². The molecule has 7 heteroatoms. The first-order valence-corrected chi connectivity index (χ1v) is 11.0. The van der Waals surface area contributed by atoms with Crippen LogP contribution in [0.25, 0.3) is 0 Å². The van der Waals surface area contributed by atoms with E-state index >= 15 is 0 Å². The summed E-state index contributed by atoms with van der Waals surface area (Å²) < 4.78 is 5.20. The Kier molecular flexibility index (Phi) is 6.94. The van der Waals surface area contributed by atoms with Gasteiger partial charge in [0.2, 0.25) is 11.9 Å². The lowest BCUT2D eigenvalue weighted by Gasteiger charge is -2.32. The van der Waals surface area contributed by atoms with Crippen LogP contribution in [0.15, 0.2) is 54.9 Å². The zero-order valence-electron chi connectivity index (χ0n) is 18.6. The lowest BCUT2D eigenvalue weighted by molar-refractivity contribution is -0.132. The summed E-state index contributed by atoms with van der Waals surface area (Å²) in [4.78, 5) is 28.2. The number of anilines is 2. The molecule has 32 heavy (non-hydrogen) atoms. The van der Waals surface area contributed by atoms with Crippen molar-refractivity contribution in [1.29, 1.82) is 0 Å². The van der Waals surface area contributed by atoms with Crippen molar-refractivity contribution in [3.63, 3.8) is 0 Å². The Bertz CT molecular complexity index is 1040. The zero-order chi connectivity index (χ0) is 22.3. The average Bonchev–Trinajstić information content (AvgIpc) is 2.84. The molecule has 4 rings (SSSR count). The lowest BCUT2D eigenvalue weighted by Crippen LogP contribution is -2.39. The summed E-state index contributed by atoms with van der Waals surface area (Å²) in [6, 6.07) is 13.8. The number of hydrogen-bond donors (Lipinski definition) is 1. The molecule has 0 aliphatic carbocycles. The van der Waals surface area contributed by atoms with Crippen molar-refractivity contribution in [2.75, 3.05) is 25.5 Å². The number of nitrogens with zero attached hydrogens (tertiary/aromatic N) is 4. The van der Waals surface area contributed by atoms with Crippen molar-refractivity contribution >= 4 is 17.7 Å². The number of likely N-dealkylation sites (tertiary alicyclic amines) is 1. The van der Waals surface area contributed by atoms with Crippen LogP contribution in [-0.4, -0.2) is 46.0 Å². The molecule has 3 heterocycles. The van der Waals surface area contributed by atoms with Crippen LogP contribution in [0.4, 0.5) is 11.8 Å². The first kappa shape index (κ1) is 21.7. The number of piperidine rings is 1. The molecule has 0 unspecified atom stereocenters. The number of aromatic nitrogens is 3. The molecule has 7 nitrogen and oxygen atoms in total. The second-order valence-electron chi connectivity index (χ2n) is 8.18. The van der Waals surface area contributed by atoms with Crippen LogP contribution in [0.3, 0.4) is 0 Å². The lowest BCUT2D eigenvalue weighted by atomic mass is 9.94. The third-order valence-electron chi connectivity index (χ3n) is 5.81. The second-order valence-corrected chi connectivity index (χ2v) is 8.18. The number of amides is 1. The van der Waals surface area contributed by atoms with E-state index in [0.29, 0.717) is 24.7 Å². The number of nitrogens with one attached hydrogen (secondary N) is 1. The van der Waals surface area contributed by atoms with E-state index in [1.54, 1.807) is 13.3 Å². The fourth-order valence-electron chi connectivity index (χ4n) is 3.96. The highest BCUT2D eigenvalue weighted by atomic mass is 16.5. The smallest absolute Gasteiger partial charge is 0.228 e. The van der Waals surface area contributed by atoms with Crippen molar-refractivity contribution in [2.45, 2.75) is 38.5 Å². The molecule has 1 aliphatic rings. The number of aryl methyl sites for hydroxylation is 2. The number of methoxy groups -OCH3 is 1. The van der Waals surface area contributed by atoms with Gasteiger partial charge in [-0.2, -0.15) is 0 Å². The standard InChI is InChI=1S/C25H29N5O2/c1-18-5-11-23(27-16-18)29-25-26-14-13-22(28-25)20-4-3-15-30(17-20)24(31)12-8-19-6-9-21(32-2)10-7-19/h5-7,9-11,13-14,16,20H,3-4,8,12,15,17H2,1-2H3,(H,26,27,28,29)/t20-/m1/s1. The van der Waals surface area contributed by atoms with E-state index in [0.717, 1.165) is 48.4 Å². The topological polar surface area (TPSA) is 80.2 Å². The van der Waals surface area contributed by atoms with Crippen molar-refractivity contribution in [1.82, 2.24) is 19.9 Å². The second kappa shape index (κ2) is 10.2. The Balaban J connectivity index is 1.35. The van der Waals surface area contributed by atoms with Crippen LogP contribution in [-0.2, 0) is 11.2 Å². The van der Waals surface area contributed by atoms with E-state index < -0.39 is 0 Å². The van der Waals surface area contributed by atoms with Crippen LogP contribution in [0.5, 0.6) is 5.75 Å². The summed E-state index contributed by atoms with van der Waals surface area (Å²) in [6.45, 7) is 3.50. The van der Waals surface area contributed by atoms with Gasteiger partial charge in [-0.25, -0.2) is 15.0 Å².